The molecule has 0 bridgehead atoms. The van der Waals surface area contributed by atoms with E-state index < -0.39 is 0 Å². The number of thiazole rings is 1. The normalized spacial score (nSPS) is 26.5. The lowest BCUT2D eigenvalue weighted by Crippen LogP contribution is -2.39. The SMILES string of the molecule is CC(C)c1ccnc(N2C[C@H]3CSC(N)=NC3(c3cncs3)C2)n1. The van der Waals surface area contributed by atoms with Crippen molar-refractivity contribution in [3.63, 3.8) is 0 Å². The van der Waals surface area contributed by atoms with E-state index in [1.807, 2.05) is 24.0 Å². The van der Waals surface area contributed by atoms with Crippen LogP contribution in [0.5, 0.6) is 0 Å². The van der Waals surface area contributed by atoms with Gasteiger partial charge in [-0.2, -0.15) is 0 Å². The van der Waals surface area contributed by atoms with E-state index in [9.17, 15) is 0 Å². The number of aliphatic imine (C=N–C) groups is 1. The summed E-state index contributed by atoms with van der Waals surface area (Å²) in [5.74, 6) is 2.53. The fraction of sp³-hybridized carbons (Fsp3) is 0.500. The van der Waals surface area contributed by atoms with E-state index in [2.05, 4.69) is 28.7 Å². The number of hydrogen-bond donors (Lipinski definition) is 1. The van der Waals surface area contributed by atoms with Crippen LogP contribution in [0.25, 0.3) is 0 Å². The van der Waals surface area contributed by atoms with Crippen LogP contribution in [0.1, 0.15) is 30.3 Å². The summed E-state index contributed by atoms with van der Waals surface area (Å²) in [6.45, 7) is 5.94. The van der Waals surface area contributed by atoms with Crippen molar-refractivity contribution in [2.24, 2.45) is 16.6 Å². The number of hydrogen-bond acceptors (Lipinski definition) is 8. The Morgan fingerprint density at radius 3 is 3.04 bits per heavy atom. The summed E-state index contributed by atoms with van der Waals surface area (Å²) in [6.07, 6.45) is 3.78. The molecular weight excluding hydrogens is 340 g/mol. The quantitative estimate of drug-likeness (QED) is 0.905. The first kappa shape index (κ1) is 15.8. The Kier molecular flexibility index (Phi) is 3.96. The summed E-state index contributed by atoms with van der Waals surface area (Å²) < 4.78 is 0. The van der Waals surface area contributed by atoms with Gasteiger partial charge in [-0.05, 0) is 12.0 Å². The van der Waals surface area contributed by atoms with E-state index >= 15 is 0 Å². The van der Waals surface area contributed by atoms with Crippen LogP contribution in [-0.2, 0) is 5.54 Å². The molecular formula is C16H20N6S2. The number of nitrogens with zero attached hydrogens (tertiary/aromatic N) is 5. The van der Waals surface area contributed by atoms with Gasteiger partial charge in [0.15, 0.2) is 5.17 Å². The van der Waals surface area contributed by atoms with Gasteiger partial charge in [-0.1, -0.05) is 25.6 Å². The molecule has 1 fully saturated rings. The van der Waals surface area contributed by atoms with Crippen LogP contribution in [0, 0.1) is 5.92 Å². The second-order valence-corrected chi connectivity index (χ2v) is 8.49. The second kappa shape index (κ2) is 6.00. The molecule has 2 aromatic rings. The molecule has 1 saturated heterocycles. The van der Waals surface area contributed by atoms with Crippen molar-refractivity contribution >= 4 is 34.2 Å². The molecule has 0 aromatic carbocycles. The van der Waals surface area contributed by atoms with E-state index in [1.165, 1.54) is 4.88 Å². The summed E-state index contributed by atoms with van der Waals surface area (Å²) in [7, 11) is 0. The third-order valence-corrected chi connectivity index (χ3v) is 6.58. The van der Waals surface area contributed by atoms with Crippen LogP contribution >= 0.6 is 23.1 Å². The van der Waals surface area contributed by atoms with Crippen molar-refractivity contribution in [3.8, 4) is 0 Å². The molecule has 2 aliphatic rings. The monoisotopic (exact) mass is 360 g/mol. The number of fused-ring (bicyclic) bond motifs is 1. The third-order valence-electron chi connectivity index (χ3n) is 4.69. The first-order valence-electron chi connectivity index (χ1n) is 8.03. The highest BCUT2D eigenvalue weighted by atomic mass is 32.2. The van der Waals surface area contributed by atoms with E-state index in [0.717, 1.165) is 30.5 Å². The van der Waals surface area contributed by atoms with Gasteiger partial charge in [0.2, 0.25) is 5.95 Å². The Balaban J connectivity index is 1.72. The largest absolute Gasteiger partial charge is 0.379 e. The van der Waals surface area contributed by atoms with Gasteiger partial charge in [0, 0.05) is 36.3 Å². The van der Waals surface area contributed by atoms with Gasteiger partial charge in [0.1, 0.15) is 5.54 Å². The zero-order valence-corrected chi connectivity index (χ0v) is 15.3. The molecule has 0 spiro atoms. The Labute approximate surface area is 149 Å². The minimum atomic E-state index is -0.312. The van der Waals surface area contributed by atoms with Gasteiger partial charge in [-0.3, -0.25) is 4.98 Å². The highest BCUT2D eigenvalue weighted by molar-refractivity contribution is 8.13. The van der Waals surface area contributed by atoms with Crippen LogP contribution in [0.15, 0.2) is 29.0 Å². The van der Waals surface area contributed by atoms with Crippen molar-refractivity contribution in [2.45, 2.75) is 25.3 Å². The average molecular weight is 361 g/mol. The van der Waals surface area contributed by atoms with Gasteiger partial charge in [-0.25, -0.2) is 15.0 Å². The predicted octanol–water partition coefficient (Wildman–Crippen LogP) is 2.45. The number of rotatable bonds is 3. The topological polar surface area (TPSA) is 80.3 Å². The molecule has 4 heterocycles. The summed E-state index contributed by atoms with van der Waals surface area (Å²) >= 11 is 3.29. The summed E-state index contributed by atoms with van der Waals surface area (Å²) in [5.41, 5.74) is 8.70. The Morgan fingerprint density at radius 2 is 2.29 bits per heavy atom. The molecule has 2 atom stereocenters. The number of thioether (sulfide) groups is 1. The Morgan fingerprint density at radius 1 is 1.42 bits per heavy atom. The summed E-state index contributed by atoms with van der Waals surface area (Å²) in [4.78, 5) is 21.8. The van der Waals surface area contributed by atoms with Crippen LogP contribution in [0.3, 0.4) is 0 Å². The fourth-order valence-corrected chi connectivity index (χ4v) is 5.20. The lowest BCUT2D eigenvalue weighted by atomic mass is 9.87. The number of nitrogens with two attached hydrogens (primary N) is 1. The zero-order chi connectivity index (χ0) is 16.7. The molecule has 2 aliphatic heterocycles. The van der Waals surface area contributed by atoms with Crippen molar-refractivity contribution in [3.05, 3.63) is 34.5 Å². The van der Waals surface area contributed by atoms with E-state index in [1.54, 1.807) is 23.1 Å². The van der Waals surface area contributed by atoms with E-state index in [-0.39, 0.29) is 5.54 Å². The van der Waals surface area contributed by atoms with Crippen LogP contribution in [0.4, 0.5) is 5.95 Å². The molecule has 0 radical (unpaired) electrons. The molecule has 2 N–H and O–H groups in total. The molecule has 4 rings (SSSR count). The van der Waals surface area contributed by atoms with Crippen molar-refractivity contribution in [2.75, 3.05) is 23.7 Å². The zero-order valence-electron chi connectivity index (χ0n) is 13.7. The lowest BCUT2D eigenvalue weighted by molar-refractivity contribution is 0.394. The van der Waals surface area contributed by atoms with Crippen molar-refractivity contribution in [1.82, 2.24) is 15.0 Å². The van der Waals surface area contributed by atoms with Gasteiger partial charge in [0.25, 0.3) is 0 Å². The van der Waals surface area contributed by atoms with Crippen molar-refractivity contribution in [1.29, 1.82) is 0 Å². The lowest BCUT2D eigenvalue weighted by Gasteiger charge is -2.32. The third kappa shape index (κ3) is 2.57. The molecule has 8 heteroatoms. The van der Waals surface area contributed by atoms with Gasteiger partial charge >= 0.3 is 0 Å². The molecule has 24 heavy (non-hydrogen) atoms. The maximum absolute atomic E-state index is 6.08. The highest BCUT2D eigenvalue weighted by Gasteiger charge is 2.51. The van der Waals surface area contributed by atoms with Gasteiger partial charge in [-0.15, -0.1) is 11.3 Å². The maximum Gasteiger partial charge on any atom is 0.225 e. The summed E-state index contributed by atoms with van der Waals surface area (Å²) in [5, 5.41) is 0.665. The summed E-state index contributed by atoms with van der Waals surface area (Å²) in [6, 6.07) is 1.99. The number of amidine groups is 1. The van der Waals surface area contributed by atoms with Gasteiger partial charge < -0.3 is 10.6 Å². The first-order valence-corrected chi connectivity index (χ1v) is 9.90. The average Bonchev–Trinajstić information content (AvgIpc) is 3.22. The molecule has 0 aliphatic carbocycles. The Bertz CT molecular complexity index is 760. The maximum atomic E-state index is 6.08. The van der Waals surface area contributed by atoms with Crippen LogP contribution in [0.2, 0.25) is 0 Å². The van der Waals surface area contributed by atoms with Crippen molar-refractivity contribution < 1.29 is 0 Å². The minimum Gasteiger partial charge on any atom is -0.379 e. The first-order chi connectivity index (χ1) is 11.6. The smallest absolute Gasteiger partial charge is 0.225 e. The number of aromatic nitrogens is 3. The van der Waals surface area contributed by atoms with E-state index in [0.29, 0.717) is 17.0 Å². The second-order valence-electron chi connectivity index (χ2n) is 6.56. The molecule has 0 amide bonds. The molecule has 2 aromatic heterocycles. The Hall–Kier alpha value is -1.67. The molecule has 0 saturated carbocycles. The van der Waals surface area contributed by atoms with E-state index in [4.69, 9.17) is 15.7 Å². The molecule has 126 valence electrons. The fourth-order valence-electron chi connectivity index (χ4n) is 3.39. The standard InChI is InChI=1S/C16H20N6S2/c1-10(2)12-3-4-19-15(20-12)22-6-11-7-23-14(17)21-16(11,8-22)13-5-18-9-24-13/h3-5,9-11H,6-8H2,1-2H3,(H2,17,21)/t11-,16?/m0/s1. The molecule has 6 nitrogen and oxygen atoms in total. The van der Waals surface area contributed by atoms with Crippen LogP contribution in [-0.4, -0.2) is 39.0 Å². The predicted molar refractivity (Wildman–Crippen MR) is 99.7 cm³/mol. The molecule has 1 unspecified atom stereocenters. The van der Waals surface area contributed by atoms with Gasteiger partial charge in [0.05, 0.1) is 16.9 Å². The minimum absolute atomic E-state index is 0.312. The highest BCUT2D eigenvalue weighted by Crippen LogP contribution is 2.47. The van der Waals surface area contributed by atoms with Crippen LogP contribution < -0.4 is 10.6 Å². The number of anilines is 1.